The number of nitro groups is 1. The summed E-state index contributed by atoms with van der Waals surface area (Å²) in [7, 11) is 3.02. The Morgan fingerprint density at radius 2 is 2.00 bits per heavy atom. The van der Waals surface area contributed by atoms with E-state index in [1.165, 1.54) is 26.4 Å². The summed E-state index contributed by atoms with van der Waals surface area (Å²) in [6.07, 6.45) is 0. The van der Waals surface area contributed by atoms with Crippen molar-refractivity contribution < 1.29 is 14.4 Å². The number of benzene rings is 2. The summed E-state index contributed by atoms with van der Waals surface area (Å²) in [4.78, 5) is 17.9. The first-order valence-corrected chi connectivity index (χ1v) is 6.97. The van der Waals surface area contributed by atoms with E-state index in [4.69, 9.17) is 21.1 Å². The van der Waals surface area contributed by atoms with Crippen LogP contribution in [0.3, 0.4) is 0 Å². The number of aromatic nitrogens is 2. The van der Waals surface area contributed by atoms with Crippen molar-refractivity contribution >= 4 is 28.3 Å². The molecule has 1 N–H and O–H groups in total. The van der Waals surface area contributed by atoms with Crippen LogP contribution in [-0.2, 0) is 0 Å². The van der Waals surface area contributed by atoms with E-state index < -0.39 is 4.92 Å². The van der Waals surface area contributed by atoms with Gasteiger partial charge in [0.15, 0.2) is 11.5 Å². The number of nitrogens with zero attached hydrogens (tertiary/aromatic N) is 2. The van der Waals surface area contributed by atoms with Crippen molar-refractivity contribution in [1.82, 2.24) is 9.97 Å². The number of methoxy groups -OCH3 is 2. The molecule has 0 aliphatic rings. The third-order valence-corrected chi connectivity index (χ3v) is 3.66. The van der Waals surface area contributed by atoms with E-state index in [1.807, 2.05) is 0 Å². The van der Waals surface area contributed by atoms with Crippen LogP contribution in [0, 0.1) is 10.1 Å². The molecule has 0 saturated heterocycles. The number of aromatic amines is 1. The van der Waals surface area contributed by atoms with Crippen molar-refractivity contribution in [1.29, 1.82) is 0 Å². The highest BCUT2D eigenvalue weighted by Crippen LogP contribution is 2.39. The van der Waals surface area contributed by atoms with Crippen LogP contribution in [0.1, 0.15) is 0 Å². The van der Waals surface area contributed by atoms with E-state index in [9.17, 15) is 10.1 Å². The molecule has 3 rings (SSSR count). The van der Waals surface area contributed by atoms with E-state index in [-0.39, 0.29) is 5.69 Å². The zero-order valence-corrected chi connectivity index (χ0v) is 13.0. The monoisotopic (exact) mass is 333 g/mol. The average molecular weight is 334 g/mol. The summed E-state index contributed by atoms with van der Waals surface area (Å²) < 4.78 is 10.5. The van der Waals surface area contributed by atoms with Gasteiger partial charge in [0.05, 0.1) is 35.2 Å². The third-order valence-electron chi connectivity index (χ3n) is 3.38. The quantitative estimate of drug-likeness (QED) is 0.579. The average Bonchev–Trinajstić information content (AvgIpc) is 2.96. The second-order valence-electron chi connectivity index (χ2n) is 4.74. The molecule has 1 heterocycles. The maximum Gasteiger partial charge on any atom is 0.271 e. The highest BCUT2D eigenvalue weighted by Gasteiger charge is 2.15. The first-order valence-electron chi connectivity index (χ1n) is 6.59. The van der Waals surface area contributed by atoms with Crippen molar-refractivity contribution in [2.75, 3.05) is 14.2 Å². The summed E-state index contributed by atoms with van der Waals surface area (Å²) in [5.41, 5.74) is 1.88. The van der Waals surface area contributed by atoms with Crippen LogP contribution in [0.4, 0.5) is 5.69 Å². The fourth-order valence-corrected chi connectivity index (χ4v) is 2.59. The molecular weight excluding hydrogens is 322 g/mol. The topological polar surface area (TPSA) is 90.3 Å². The second kappa shape index (κ2) is 5.77. The Balaban J connectivity index is 2.13. The van der Waals surface area contributed by atoms with Crippen LogP contribution in [0.25, 0.3) is 22.4 Å². The van der Waals surface area contributed by atoms with Gasteiger partial charge in [-0.3, -0.25) is 10.1 Å². The number of hydrogen-bond donors (Lipinski definition) is 1. The molecule has 0 atom stereocenters. The molecule has 7 nitrogen and oxygen atoms in total. The number of non-ortho nitro benzene ring substituents is 1. The first kappa shape index (κ1) is 15.1. The van der Waals surface area contributed by atoms with Gasteiger partial charge in [0, 0.05) is 17.7 Å². The maximum absolute atomic E-state index is 10.8. The van der Waals surface area contributed by atoms with E-state index >= 15 is 0 Å². The van der Waals surface area contributed by atoms with Gasteiger partial charge in [-0.2, -0.15) is 0 Å². The minimum absolute atomic E-state index is 0.00181. The lowest BCUT2D eigenvalue weighted by Gasteiger charge is -2.10. The molecule has 0 aliphatic heterocycles. The molecule has 1 aromatic heterocycles. The molecule has 118 valence electrons. The van der Waals surface area contributed by atoms with Gasteiger partial charge >= 0.3 is 0 Å². The fourth-order valence-electron chi connectivity index (χ4n) is 2.30. The highest BCUT2D eigenvalue weighted by atomic mass is 35.5. The van der Waals surface area contributed by atoms with E-state index in [2.05, 4.69) is 9.97 Å². The Kier molecular flexibility index (Phi) is 3.79. The van der Waals surface area contributed by atoms with Gasteiger partial charge in [-0.25, -0.2) is 4.98 Å². The van der Waals surface area contributed by atoms with E-state index in [0.717, 1.165) is 0 Å². The zero-order valence-electron chi connectivity index (χ0n) is 12.3. The Hall–Kier alpha value is -2.80. The first-order chi connectivity index (χ1) is 11.0. The molecule has 0 radical (unpaired) electrons. The van der Waals surface area contributed by atoms with Crippen molar-refractivity contribution in [3.63, 3.8) is 0 Å². The van der Waals surface area contributed by atoms with Crippen LogP contribution in [0.5, 0.6) is 11.5 Å². The number of H-pyrrole nitrogens is 1. The number of rotatable bonds is 4. The molecule has 3 aromatic rings. The van der Waals surface area contributed by atoms with Crippen molar-refractivity contribution in [3.8, 4) is 22.9 Å². The Bertz CT molecular complexity index is 907. The number of nitrogens with one attached hydrogen (secondary N) is 1. The van der Waals surface area contributed by atoms with Crippen LogP contribution < -0.4 is 9.47 Å². The van der Waals surface area contributed by atoms with Crippen molar-refractivity contribution in [2.45, 2.75) is 0 Å². The lowest BCUT2D eigenvalue weighted by atomic mass is 10.2. The summed E-state index contributed by atoms with van der Waals surface area (Å²) >= 11 is 6.19. The summed E-state index contributed by atoms with van der Waals surface area (Å²) in [5, 5.41) is 11.2. The lowest BCUT2D eigenvalue weighted by molar-refractivity contribution is -0.384. The van der Waals surface area contributed by atoms with Gasteiger partial charge in [-0.15, -0.1) is 0 Å². The smallest absolute Gasteiger partial charge is 0.271 e. The van der Waals surface area contributed by atoms with Crippen LogP contribution >= 0.6 is 11.6 Å². The third kappa shape index (κ3) is 2.66. The van der Waals surface area contributed by atoms with E-state index in [1.54, 1.807) is 18.2 Å². The SMILES string of the molecule is COc1cc(-c2nc3ccc([N+](=O)[O-])cc3[nH]2)cc(Cl)c1OC. The molecule has 0 spiro atoms. The Morgan fingerprint density at radius 3 is 2.65 bits per heavy atom. The zero-order chi connectivity index (χ0) is 16.6. The second-order valence-corrected chi connectivity index (χ2v) is 5.14. The van der Waals surface area contributed by atoms with Gasteiger partial charge < -0.3 is 14.5 Å². The van der Waals surface area contributed by atoms with Gasteiger partial charge in [-0.1, -0.05) is 11.6 Å². The summed E-state index contributed by atoms with van der Waals surface area (Å²) in [6, 6.07) is 7.87. The molecule has 0 saturated carbocycles. The van der Waals surface area contributed by atoms with Gasteiger partial charge in [-0.05, 0) is 18.2 Å². The highest BCUT2D eigenvalue weighted by molar-refractivity contribution is 6.32. The van der Waals surface area contributed by atoms with Crippen molar-refractivity contribution in [2.24, 2.45) is 0 Å². The molecule has 0 bridgehead atoms. The van der Waals surface area contributed by atoms with Crippen LogP contribution in [0.2, 0.25) is 5.02 Å². The minimum Gasteiger partial charge on any atom is -0.493 e. The molecule has 23 heavy (non-hydrogen) atoms. The lowest BCUT2D eigenvalue weighted by Crippen LogP contribution is -1.93. The maximum atomic E-state index is 10.8. The minimum atomic E-state index is -0.451. The number of hydrogen-bond acceptors (Lipinski definition) is 5. The van der Waals surface area contributed by atoms with Gasteiger partial charge in [0.25, 0.3) is 5.69 Å². The number of halogens is 1. The predicted octanol–water partition coefficient (Wildman–Crippen LogP) is 3.81. The molecular formula is C15H12ClN3O4. The van der Waals surface area contributed by atoms with Crippen molar-refractivity contribution in [3.05, 3.63) is 45.5 Å². The number of ether oxygens (including phenoxy) is 2. The number of imidazole rings is 1. The van der Waals surface area contributed by atoms with Gasteiger partial charge in [0.1, 0.15) is 5.82 Å². The Labute approximate surface area is 136 Å². The largest absolute Gasteiger partial charge is 0.493 e. The standard InChI is InChI=1S/C15H12ClN3O4/c1-22-13-6-8(5-10(16)14(13)23-2)15-17-11-4-3-9(19(20)21)7-12(11)18-15/h3-7H,1-2H3,(H,17,18). The van der Waals surface area contributed by atoms with Crippen LogP contribution in [0.15, 0.2) is 30.3 Å². The van der Waals surface area contributed by atoms with E-state index in [0.29, 0.717) is 38.9 Å². The fraction of sp³-hybridized carbons (Fsp3) is 0.133. The molecule has 0 amide bonds. The molecule has 8 heteroatoms. The van der Waals surface area contributed by atoms with Crippen LogP contribution in [-0.4, -0.2) is 29.1 Å². The predicted molar refractivity (Wildman–Crippen MR) is 86.3 cm³/mol. The Morgan fingerprint density at radius 1 is 1.22 bits per heavy atom. The summed E-state index contributed by atoms with van der Waals surface area (Å²) in [6.45, 7) is 0. The molecule has 0 fully saturated rings. The molecule has 0 unspecified atom stereocenters. The molecule has 0 aliphatic carbocycles. The number of nitro benzene ring substituents is 1. The normalized spacial score (nSPS) is 10.7. The summed E-state index contributed by atoms with van der Waals surface area (Å²) in [5.74, 6) is 1.44. The number of fused-ring (bicyclic) bond motifs is 1. The van der Waals surface area contributed by atoms with Gasteiger partial charge in [0.2, 0.25) is 0 Å². The molecule has 2 aromatic carbocycles.